The fourth-order valence-electron chi connectivity index (χ4n) is 2.93. The summed E-state index contributed by atoms with van der Waals surface area (Å²) in [5, 5.41) is 1.90. The van der Waals surface area contributed by atoms with E-state index < -0.39 is 0 Å². The molecular formula is C18H10N2O2S2. The Hall–Kier alpha value is -2.44. The second-order valence-electron chi connectivity index (χ2n) is 5.45. The van der Waals surface area contributed by atoms with Crippen molar-refractivity contribution in [2.24, 2.45) is 0 Å². The van der Waals surface area contributed by atoms with Gasteiger partial charge >= 0.3 is 0 Å². The second kappa shape index (κ2) is 5.03. The molecule has 0 saturated heterocycles. The fraction of sp³-hybridized carbons (Fsp3) is 0.0556. The van der Waals surface area contributed by atoms with Crippen molar-refractivity contribution in [1.82, 2.24) is 9.97 Å². The van der Waals surface area contributed by atoms with Crippen LogP contribution in [0.5, 0.6) is 0 Å². The first kappa shape index (κ1) is 13.9. The molecule has 0 fully saturated rings. The third-order valence-corrected chi connectivity index (χ3v) is 6.07. The molecule has 0 aliphatic carbocycles. The Morgan fingerprint density at radius 2 is 1.96 bits per heavy atom. The number of para-hydroxylation sites is 1. The maximum Gasteiger partial charge on any atom is 0.202 e. The first-order valence-electron chi connectivity index (χ1n) is 7.33. The number of thioether (sulfide) groups is 1. The molecule has 3 aromatic heterocycles. The van der Waals surface area contributed by atoms with Crippen LogP contribution in [0.25, 0.3) is 43.1 Å². The molecule has 0 unspecified atom stereocenters. The summed E-state index contributed by atoms with van der Waals surface area (Å²) in [6, 6.07) is 11.3. The Kier molecular flexibility index (Phi) is 2.92. The van der Waals surface area contributed by atoms with Gasteiger partial charge in [0.2, 0.25) is 5.43 Å². The third kappa shape index (κ3) is 1.90. The van der Waals surface area contributed by atoms with Crippen LogP contribution in [0, 0.1) is 0 Å². The monoisotopic (exact) mass is 350 g/mol. The molecule has 0 amide bonds. The normalized spacial score (nSPS) is 11.9. The molecule has 116 valence electrons. The Balaban J connectivity index is 1.99. The van der Waals surface area contributed by atoms with Crippen LogP contribution in [0.3, 0.4) is 0 Å². The fourth-order valence-corrected chi connectivity index (χ4v) is 4.43. The van der Waals surface area contributed by atoms with E-state index in [0.29, 0.717) is 21.9 Å². The first-order valence-corrected chi connectivity index (χ1v) is 9.37. The van der Waals surface area contributed by atoms with Gasteiger partial charge in [-0.05, 0) is 30.5 Å². The maximum absolute atomic E-state index is 12.7. The zero-order valence-corrected chi connectivity index (χ0v) is 14.2. The summed E-state index contributed by atoms with van der Waals surface area (Å²) in [4.78, 5) is 21.8. The number of nitrogens with zero attached hydrogens (tertiary/aromatic N) is 2. The van der Waals surface area contributed by atoms with Crippen LogP contribution in [0.1, 0.15) is 0 Å². The van der Waals surface area contributed by atoms with Gasteiger partial charge in [-0.15, -0.1) is 11.3 Å². The van der Waals surface area contributed by atoms with Crippen molar-refractivity contribution in [2.45, 2.75) is 4.34 Å². The van der Waals surface area contributed by atoms with E-state index >= 15 is 0 Å². The van der Waals surface area contributed by atoms with Crippen LogP contribution in [0.15, 0.2) is 56.1 Å². The molecule has 2 aromatic carbocycles. The van der Waals surface area contributed by atoms with E-state index in [1.54, 1.807) is 35.4 Å². The highest BCUT2D eigenvalue weighted by atomic mass is 32.2. The summed E-state index contributed by atoms with van der Waals surface area (Å²) in [6.45, 7) is 0. The number of aromatic nitrogens is 2. The molecule has 0 N–H and O–H groups in total. The van der Waals surface area contributed by atoms with Crippen LogP contribution < -0.4 is 5.43 Å². The van der Waals surface area contributed by atoms with Gasteiger partial charge in [-0.3, -0.25) is 9.78 Å². The van der Waals surface area contributed by atoms with Gasteiger partial charge < -0.3 is 4.42 Å². The van der Waals surface area contributed by atoms with E-state index in [2.05, 4.69) is 9.97 Å². The highest BCUT2D eigenvalue weighted by Gasteiger charge is 2.13. The predicted octanol–water partition coefficient (Wildman–Crippen LogP) is 4.83. The van der Waals surface area contributed by atoms with Crippen molar-refractivity contribution in [3.05, 3.63) is 52.8 Å². The van der Waals surface area contributed by atoms with Crippen LogP contribution in [-0.4, -0.2) is 16.2 Å². The van der Waals surface area contributed by atoms with Crippen LogP contribution in [0.4, 0.5) is 0 Å². The topological polar surface area (TPSA) is 56.0 Å². The smallest absolute Gasteiger partial charge is 0.202 e. The van der Waals surface area contributed by atoms with Gasteiger partial charge in [0.15, 0.2) is 4.34 Å². The lowest BCUT2D eigenvalue weighted by Gasteiger charge is -2.04. The molecule has 0 aliphatic rings. The van der Waals surface area contributed by atoms with E-state index in [1.165, 1.54) is 0 Å². The van der Waals surface area contributed by atoms with Crippen molar-refractivity contribution in [3.63, 3.8) is 0 Å². The van der Waals surface area contributed by atoms with Gasteiger partial charge in [0.25, 0.3) is 0 Å². The molecule has 5 aromatic rings. The van der Waals surface area contributed by atoms with Gasteiger partial charge in [0.1, 0.15) is 11.2 Å². The Bertz CT molecular complexity index is 1320. The molecule has 0 radical (unpaired) electrons. The van der Waals surface area contributed by atoms with Crippen molar-refractivity contribution in [3.8, 4) is 0 Å². The Labute approximate surface area is 144 Å². The predicted molar refractivity (Wildman–Crippen MR) is 100 cm³/mol. The standard InChI is InChI=1S/C18H10N2O2S2/c1-23-18-20-13-6-10-12(7-15(13)24-18)19-8-11-16(21)9-4-2-3-5-14(9)22-17(10)11/h2-8H,1H3. The Morgan fingerprint density at radius 1 is 1.08 bits per heavy atom. The third-order valence-electron chi connectivity index (χ3n) is 4.07. The average molecular weight is 350 g/mol. The van der Waals surface area contributed by atoms with Gasteiger partial charge in [0, 0.05) is 11.6 Å². The van der Waals surface area contributed by atoms with Crippen molar-refractivity contribution in [1.29, 1.82) is 0 Å². The minimum absolute atomic E-state index is 0.0515. The van der Waals surface area contributed by atoms with E-state index in [-0.39, 0.29) is 5.43 Å². The number of rotatable bonds is 1. The first-order chi connectivity index (χ1) is 11.7. The zero-order chi connectivity index (χ0) is 16.3. The van der Waals surface area contributed by atoms with Gasteiger partial charge in [0.05, 0.1) is 26.5 Å². The highest BCUT2D eigenvalue weighted by molar-refractivity contribution is 8.00. The van der Waals surface area contributed by atoms with Gasteiger partial charge in [-0.2, -0.15) is 0 Å². The van der Waals surface area contributed by atoms with Gasteiger partial charge in [-0.25, -0.2) is 4.98 Å². The lowest BCUT2D eigenvalue weighted by Crippen LogP contribution is -2.02. The highest BCUT2D eigenvalue weighted by Crippen LogP contribution is 2.33. The number of pyridine rings is 1. The molecule has 24 heavy (non-hydrogen) atoms. The number of benzene rings is 2. The number of hydrogen-bond acceptors (Lipinski definition) is 6. The molecule has 0 aliphatic heterocycles. The molecule has 0 bridgehead atoms. The average Bonchev–Trinajstić information content (AvgIpc) is 3.02. The second-order valence-corrected chi connectivity index (χ2v) is 7.53. The van der Waals surface area contributed by atoms with E-state index in [0.717, 1.165) is 25.5 Å². The van der Waals surface area contributed by atoms with Crippen molar-refractivity contribution >= 4 is 66.2 Å². The van der Waals surface area contributed by atoms with E-state index in [1.807, 2.05) is 36.6 Å². The van der Waals surface area contributed by atoms with E-state index in [9.17, 15) is 4.79 Å². The minimum atomic E-state index is -0.0515. The summed E-state index contributed by atoms with van der Waals surface area (Å²) < 4.78 is 8.15. The lowest BCUT2D eigenvalue weighted by molar-refractivity contribution is 0.663. The van der Waals surface area contributed by atoms with Crippen LogP contribution in [-0.2, 0) is 0 Å². The summed E-state index contributed by atoms with van der Waals surface area (Å²) in [6.07, 6.45) is 3.62. The summed E-state index contributed by atoms with van der Waals surface area (Å²) in [5.41, 5.74) is 2.83. The van der Waals surface area contributed by atoms with Crippen molar-refractivity contribution in [2.75, 3.05) is 6.26 Å². The molecule has 6 heteroatoms. The number of fused-ring (bicyclic) bond motifs is 5. The minimum Gasteiger partial charge on any atom is -0.455 e. The molecule has 5 rings (SSSR count). The molecule has 3 heterocycles. The molecule has 0 atom stereocenters. The van der Waals surface area contributed by atoms with Crippen molar-refractivity contribution < 1.29 is 4.42 Å². The number of hydrogen-bond donors (Lipinski definition) is 0. The van der Waals surface area contributed by atoms with E-state index in [4.69, 9.17) is 4.42 Å². The summed E-state index contributed by atoms with van der Waals surface area (Å²) in [5.74, 6) is 0. The maximum atomic E-state index is 12.7. The van der Waals surface area contributed by atoms with Crippen LogP contribution >= 0.6 is 23.1 Å². The largest absolute Gasteiger partial charge is 0.455 e. The van der Waals surface area contributed by atoms with Gasteiger partial charge in [-0.1, -0.05) is 23.9 Å². The summed E-state index contributed by atoms with van der Waals surface area (Å²) in [7, 11) is 0. The molecular weight excluding hydrogens is 340 g/mol. The quantitative estimate of drug-likeness (QED) is 0.246. The molecule has 0 spiro atoms. The van der Waals surface area contributed by atoms with Crippen LogP contribution in [0.2, 0.25) is 0 Å². The lowest BCUT2D eigenvalue weighted by atomic mass is 10.1. The molecule has 4 nitrogen and oxygen atoms in total. The Morgan fingerprint density at radius 3 is 2.83 bits per heavy atom. The SMILES string of the molecule is CSc1nc2cc3c(cc2s1)ncc1c(=O)c2ccccc2oc13. The molecule has 0 saturated carbocycles. The zero-order valence-electron chi connectivity index (χ0n) is 12.6. The number of thiazole rings is 1. The summed E-state index contributed by atoms with van der Waals surface area (Å²) >= 11 is 3.27.